The minimum absolute atomic E-state index is 0.0822. The summed E-state index contributed by atoms with van der Waals surface area (Å²) in [6.45, 7) is 4.96. The Balaban J connectivity index is 1.76. The lowest BCUT2D eigenvalue weighted by atomic mass is 9.92. The molecule has 26 heavy (non-hydrogen) atoms. The standard InChI is InChI=1S/C20H20ClN3O2/c1-20(2)9-12(11-26-20)7-17-16-10-22-6-5-14(16)19(24-23-17)15-4-3-13(21)8-18(15)25/h3-6,8,10,12,25H,7,9,11H2,1-2H3/t12-/m1/s1. The van der Waals surface area contributed by atoms with Gasteiger partial charge in [0.05, 0.1) is 17.9 Å². The van der Waals surface area contributed by atoms with Gasteiger partial charge in [0.1, 0.15) is 11.4 Å². The first-order valence-corrected chi connectivity index (χ1v) is 9.03. The van der Waals surface area contributed by atoms with Crippen LogP contribution in [-0.4, -0.2) is 32.5 Å². The van der Waals surface area contributed by atoms with Crippen LogP contribution in [0.4, 0.5) is 0 Å². The number of halogens is 1. The summed E-state index contributed by atoms with van der Waals surface area (Å²) in [6.07, 6.45) is 5.34. The molecule has 1 aromatic carbocycles. The summed E-state index contributed by atoms with van der Waals surface area (Å²) in [4.78, 5) is 4.27. The normalized spacial score (nSPS) is 19.1. The summed E-state index contributed by atoms with van der Waals surface area (Å²) in [7, 11) is 0. The molecule has 0 unspecified atom stereocenters. The Bertz CT molecular complexity index is 974. The first kappa shape index (κ1) is 17.2. The number of phenolic OH excluding ortho intramolecular Hbond substituents is 1. The molecule has 5 nitrogen and oxygen atoms in total. The molecule has 3 aromatic rings. The highest BCUT2D eigenvalue weighted by molar-refractivity contribution is 6.30. The van der Waals surface area contributed by atoms with Crippen molar-refractivity contribution in [1.82, 2.24) is 15.2 Å². The Labute approximate surface area is 157 Å². The highest BCUT2D eigenvalue weighted by Crippen LogP contribution is 2.36. The van der Waals surface area contributed by atoms with Crippen LogP contribution in [-0.2, 0) is 11.2 Å². The minimum atomic E-state index is -0.0822. The highest BCUT2D eigenvalue weighted by Gasteiger charge is 2.32. The molecule has 0 bridgehead atoms. The summed E-state index contributed by atoms with van der Waals surface area (Å²) in [5.74, 6) is 0.501. The lowest BCUT2D eigenvalue weighted by Crippen LogP contribution is -2.17. The fourth-order valence-electron chi connectivity index (χ4n) is 3.66. The summed E-state index contributed by atoms with van der Waals surface area (Å²) in [6, 6.07) is 6.91. The molecule has 0 amide bonds. The number of nitrogens with zero attached hydrogens (tertiary/aromatic N) is 3. The number of benzene rings is 1. The van der Waals surface area contributed by atoms with E-state index in [-0.39, 0.29) is 11.4 Å². The van der Waals surface area contributed by atoms with Gasteiger partial charge in [0.2, 0.25) is 0 Å². The van der Waals surface area contributed by atoms with Gasteiger partial charge >= 0.3 is 0 Å². The van der Waals surface area contributed by atoms with Gasteiger partial charge in [0.15, 0.2) is 0 Å². The summed E-state index contributed by atoms with van der Waals surface area (Å²) in [5.41, 5.74) is 2.07. The Morgan fingerprint density at radius 2 is 2.08 bits per heavy atom. The van der Waals surface area contributed by atoms with E-state index in [1.807, 2.05) is 12.3 Å². The Hall–Kier alpha value is -2.24. The monoisotopic (exact) mass is 369 g/mol. The predicted molar refractivity (Wildman–Crippen MR) is 101 cm³/mol. The molecule has 4 rings (SSSR count). The van der Waals surface area contributed by atoms with E-state index in [4.69, 9.17) is 16.3 Å². The van der Waals surface area contributed by atoms with E-state index in [9.17, 15) is 5.11 Å². The molecule has 1 N–H and O–H groups in total. The molecule has 1 aliphatic rings. The molecule has 1 fully saturated rings. The molecule has 0 saturated carbocycles. The van der Waals surface area contributed by atoms with Gasteiger partial charge in [-0.1, -0.05) is 11.6 Å². The third-order valence-electron chi connectivity index (χ3n) is 4.84. The highest BCUT2D eigenvalue weighted by atomic mass is 35.5. The molecular formula is C20H20ClN3O2. The molecule has 0 radical (unpaired) electrons. The van der Waals surface area contributed by atoms with Gasteiger partial charge in [0.25, 0.3) is 0 Å². The molecule has 0 aliphatic carbocycles. The topological polar surface area (TPSA) is 68.1 Å². The van der Waals surface area contributed by atoms with Crippen molar-refractivity contribution in [2.24, 2.45) is 5.92 Å². The van der Waals surface area contributed by atoms with Crippen LogP contribution in [0.1, 0.15) is 26.0 Å². The average molecular weight is 370 g/mol. The van der Waals surface area contributed by atoms with Gasteiger partial charge in [-0.05, 0) is 56.9 Å². The van der Waals surface area contributed by atoms with Crippen LogP contribution in [0, 0.1) is 5.92 Å². The van der Waals surface area contributed by atoms with Crippen molar-refractivity contribution >= 4 is 22.4 Å². The second kappa shape index (κ2) is 6.49. The second-order valence-electron chi connectivity index (χ2n) is 7.42. The van der Waals surface area contributed by atoms with Gasteiger partial charge in [-0.2, -0.15) is 5.10 Å². The molecule has 1 atom stereocenters. The van der Waals surface area contributed by atoms with Crippen LogP contribution in [0.5, 0.6) is 5.75 Å². The van der Waals surface area contributed by atoms with E-state index >= 15 is 0 Å². The molecule has 1 aliphatic heterocycles. The van der Waals surface area contributed by atoms with Crippen LogP contribution < -0.4 is 0 Å². The van der Waals surface area contributed by atoms with E-state index in [0.717, 1.165) is 35.9 Å². The third-order valence-corrected chi connectivity index (χ3v) is 5.08. The van der Waals surface area contributed by atoms with Gasteiger partial charge in [-0.15, -0.1) is 5.10 Å². The summed E-state index contributed by atoms with van der Waals surface area (Å²) in [5, 5.41) is 21.5. The van der Waals surface area contributed by atoms with Crippen molar-refractivity contribution in [3.63, 3.8) is 0 Å². The number of fused-ring (bicyclic) bond motifs is 1. The maximum absolute atomic E-state index is 10.3. The quantitative estimate of drug-likeness (QED) is 0.740. The number of hydrogen-bond acceptors (Lipinski definition) is 5. The number of ether oxygens (including phenoxy) is 1. The zero-order valence-electron chi connectivity index (χ0n) is 14.7. The molecule has 3 heterocycles. The van der Waals surface area contributed by atoms with E-state index in [1.165, 1.54) is 6.07 Å². The first-order valence-electron chi connectivity index (χ1n) is 8.65. The third kappa shape index (κ3) is 3.24. The molecule has 2 aromatic heterocycles. The first-order chi connectivity index (χ1) is 12.4. The number of hydrogen-bond donors (Lipinski definition) is 1. The van der Waals surface area contributed by atoms with E-state index < -0.39 is 0 Å². The van der Waals surface area contributed by atoms with Gasteiger partial charge in [-0.25, -0.2) is 0 Å². The fourth-order valence-corrected chi connectivity index (χ4v) is 3.83. The largest absolute Gasteiger partial charge is 0.507 e. The number of pyridine rings is 1. The fraction of sp³-hybridized carbons (Fsp3) is 0.350. The van der Waals surface area contributed by atoms with Crippen molar-refractivity contribution in [1.29, 1.82) is 0 Å². The van der Waals surface area contributed by atoms with Crippen molar-refractivity contribution in [3.05, 3.63) is 47.4 Å². The molecule has 0 spiro atoms. The van der Waals surface area contributed by atoms with Gasteiger partial charge < -0.3 is 9.84 Å². The van der Waals surface area contributed by atoms with Gasteiger partial charge in [-0.3, -0.25) is 4.98 Å². The van der Waals surface area contributed by atoms with Crippen LogP contribution >= 0.6 is 11.6 Å². The van der Waals surface area contributed by atoms with Crippen LogP contribution in [0.3, 0.4) is 0 Å². The summed E-state index contributed by atoms with van der Waals surface area (Å²) >= 11 is 5.95. The zero-order valence-corrected chi connectivity index (χ0v) is 15.5. The maximum atomic E-state index is 10.3. The molecule has 1 saturated heterocycles. The second-order valence-corrected chi connectivity index (χ2v) is 7.86. The SMILES string of the molecule is CC1(C)C[C@@H](Cc2nnc(-c3ccc(Cl)cc3O)c3ccncc23)CO1. The van der Waals surface area contributed by atoms with E-state index in [2.05, 4.69) is 29.0 Å². The van der Waals surface area contributed by atoms with Crippen molar-refractivity contribution < 1.29 is 9.84 Å². The van der Waals surface area contributed by atoms with Crippen LogP contribution in [0.25, 0.3) is 22.0 Å². The lowest BCUT2D eigenvalue weighted by molar-refractivity contribution is 0.0350. The van der Waals surface area contributed by atoms with Crippen molar-refractivity contribution in [2.75, 3.05) is 6.61 Å². The predicted octanol–water partition coefficient (Wildman–Crippen LogP) is 4.41. The number of rotatable bonds is 3. The number of phenols is 1. The van der Waals surface area contributed by atoms with Gasteiger partial charge in [0, 0.05) is 33.8 Å². The zero-order chi connectivity index (χ0) is 18.3. The molecule has 6 heteroatoms. The average Bonchev–Trinajstić information content (AvgIpc) is 2.94. The number of aromatic nitrogens is 3. The maximum Gasteiger partial charge on any atom is 0.126 e. The smallest absolute Gasteiger partial charge is 0.126 e. The minimum Gasteiger partial charge on any atom is -0.507 e. The van der Waals surface area contributed by atoms with E-state index in [1.54, 1.807) is 18.3 Å². The van der Waals surface area contributed by atoms with Crippen molar-refractivity contribution in [2.45, 2.75) is 32.3 Å². The Morgan fingerprint density at radius 1 is 1.23 bits per heavy atom. The van der Waals surface area contributed by atoms with Crippen LogP contribution in [0.2, 0.25) is 5.02 Å². The van der Waals surface area contributed by atoms with E-state index in [0.29, 0.717) is 22.2 Å². The molecule has 134 valence electrons. The summed E-state index contributed by atoms with van der Waals surface area (Å²) < 4.78 is 5.85. The Morgan fingerprint density at radius 3 is 2.81 bits per heavy atom. The Kier molecular flexibility index (Phi) is 4.29. The molecular weight excluding hydrogens is 350 g/mol. The van der Waals surface area contributed by atoms with Crippen molar-refractivity contribution in [3.8, 4) is 17.0 Å². The van der Waals surface area contributed by atoms with Crippen LogP contribution in [0.15, 0.2) is 36.7 Å². The number of aromatic hydroxyl groups is 1. The lowest BCUT2D eigenvalue weighted by Gasteiger charge is -2.16.